The average Bonchev–Trinajstić information content (AvgIpc) is 2.53. The molecule has 2 aliphatic heterocycles. The minimum absolute atomic E-state index is 0.00331. The van der Waals surface area contributed by atoms with Gasteiger partial charge in [-0.2, -0.15) is 0 Å². The van der Waals surface area contributed by atoms with Crippen LogP contribution >= 0.6 is 11.6 Å². The van der Waals surface area contributed by atoms with Gasteiger partial charge in [0.1, 0.15) is 5.75 Å². The van der Waals surface area contributed by atoms with Crippen LogP contribution in [0.1, 0.15) is 6.92 Å². The summed E-state index contributed by atoms with van der Waals surface area (Å²) in [5.74, 6) is 0.785. The second kappa shape index (κ2) is 7.40. The molecule has 6 nitrogen and oxygen atoms in total. The molecular weight excluding hydrogens is 330 g/mol. The Balaban J connectivity index is 1.38. The maximum absolute atomic E-state index is 12.1. The van der Waals surface area contributed by atoms with Gasteiger partial charge in [0.05, 0.1) is 0 Å². The number of hydrogen-bond donors (Lipinski definition) is 0. The Labute approximate surface area is 146 Å². The van der Waals surface area contributed by atoms with Crippen LogP contribution in [0.2, 0.25) is 5.02 Å². The zero-order valence-corrected chi connectivity index (χ0v) is 14.5. The second-order valence-electron chi connectivity index (χ2n) is 6.24. The lowest BCUT2D eigenvalue weighted by atomic mass is 10.1. The van der Waals surface area contributed by atoms with Crippen molar-refractivity contribution in [3.05, 3.63) is 29.3 Å². The summed E-state index contributed by atoms with van der Waals surface area (Å²) in [4.78, 5) is 29.5. The van der Waals surface area contributed by atoms with E-state index in [2.05, 4.69) is 4.90 Å². The maximum atomic E-state index is 12.1. The summed E-state index contributed by atoms with van der Waals surface area (Å²) in [5.41, 5.74) is 0. The van der Waals surface area contributed by atoms with Gasteiger partial charge in [0.2, 0.25) is 5.91 Å². The molecular formula is C17H22ClN3O3. The van der Waals surface area contributed by atoms with Gasteiger partial charge in [-0.3, -0.25) is 14.5 Å². The van der Waals surface area contributed by atoms with Crippen LogP contribution in [-0.4, -0.2) is 78.4 Å². The summed E-state index contributed by atoms with van der Waals surface area (Å²) in [6.45, 7) is 6.46. The summed E-state index contributed by atoms with van der Waals surface area (Å²) < 4.78 is 5.49. The molecule has 0 aliphatic carbocycles. The van der Waals surface area contributed by atoms with Gasteiger partial charge in [-0.15, -0.1) is 0 Å². The first-order valence-corrected chi connectivity index (χ1v) is 8.56. The fraction of sp³-hybridized carbons (Fsp3) is 0.529. The zero-order valence-electron chi connectivity index (χ0n) is 13.8. The van der Waals surface area contributed by atoms with E-state index in [1.165, 1.54) is 0 Å². The van der Waals surface area contributed by atoms with E-state index in [4.69, 9.17) is 16.3 Å². The molecule has 2 heterocycles. The Morgan fingerprint density at radius 2 is 1.71 bits per heavy atom. The molecule has 0 aromatic heterocycles. The molecule has 3 rings (SSSR count). The van der Waals surface area contributed by atoms with Gasteiger partial charge < -0.3 is 14.5 Å². The molecule has 0 unspecified atom stereocenters. The number of nitrogens with zero attached hydrogens (tertiary/aromatic N) is 3. The lowest BCUT2D eigenvalue weighted by Gasteiger charge is -2.48. The molecule has 7 heteroatoms. The second-order valence-corrected chi connectivity index (χ2v) is 6.67. The van der Waals surface area contributed by atoms with Crippen molar-refractivity contribution in [3.63, 3.8) is 0 Å². The SMILES string of the molecule is CC(=O)N1CCN(C2CN(C(=O)COc3ccc(Cl)cc3)C2)CC1. The topological polar surface area (TPSA) is 53.1 Å². The van der Waals surface area contributed by atoms with E-state index in [1.807, 2.05) is 9.80 Å². The van der Waals surface area contributed by atoms with Crippen LogP contribution < -0.4 is 4.74 Å². The molecule has 1 aromatic rings. The molecule has 2 amide bonds. The molecule has 0 N–H and O–H groups in total. The summed E-state index contributed by atoms with van der Waals surface area (Å²) in [6, 6.07) is 7.38. The number of likely N-dealkylation sites (tertiary alicyclic amines) is 1. The summed E-state index contributed by atoms with van der Waals surface area (Å²) in [7, 11) is 0. The van der Waals surface area contributed by atoms with E-state index in [0.717, 1.165) is 39.3 Å². The molecule has 0 saturated carbocycles. The Morgan fingerprint density at radius 3 is 2.29 bits per heavy atom. The van der Waals surface area contributed by atoms with Gasteiger partial charge in [-0.05, 0) is 24.3 Å². The number of ether oxygens (including phenoxy) is 1. The number of carbonyl (C=O) groups excluding carboxylic acids is 2. The number of amides is 2. The fourth-order valence-electron chi connectivity index (χ4n) is 3.06. The van der Waals surface area contributed by atoms with Crippen molar-refractivity contribution in [3.8, 4) is 5.75 Å². The third kappa shape index (κ3) is 3.99. The van der Waals surface area contributed by atoms with Crippen LogP contribution in [0.4, 0.5) is 0 Å². The highest BCUT2D eigenvalue weighted by Gasteiger charge is 2.36. The van der Waals surface area contributed by atoms with Crippen molar-refractivity contribution >= 4 is 23.4 Å². The number of rotatable bonds is 4. The lowest BCUT2D eigenvalue weighted by Crippen LogP contribution is -2.64. The third-order valence-corrected chi connectivity index (χ3v) is 4.92. The highest BCUT2D eigenvalue weighted by molar-refractivity contribution is 6.30. The molecule has 2 saturated heterocycles. The average molecular weight is 352 g/mol. The summed E-state index contributed by atoms with van der Waals surface area (Å²) >= 11 is 5.82. The predicted octanol–water partition coefficient (Wildman–Crippen LogP) is 1.09. The van der Waals surface area contributed by atoms with Crippen molar-refractivity contribution < 1.29 is 14.3 Å². The first-order chi connectivity index (χ1) is 11.5. The standard InChI is InChI=1S/C17H22ClN3O3/c1-13(22)19-6-8-20(9-7-19)15-10-21(11-15)17(23)12-24-16-4-2-14(18)3-5-16/h2-5,15H,6-12H2,1H3. The Hall–Kier alpha value is -1.79. The first kappa shape index (κ1) is 17.0. The Kier molecular flexibility index (Phi) is 5.26. The molecule has 130 valence electrons. The van der Waals surface area contributed by atoms with Crippen LogP contribution in [0.3, 0.4) is 0 Å². The number of halogens is 1. The van der Waals surface area contributed by atoms with E-state index in [0.29, 0.717) is 16.8 Å². The summed E-state index contributed by atoms with van der Waals surface area (Å²) in [5, 5.41) is 0.643. The van der Waals surface area contributed by atoms with Gasteiger partial charge in [0.15, 0.2) is 6.61 Å². The minimum atomic E-state index is 0.00331. The van der Waals surface area contributed by atoms with Gasteiger partial charge in [-0.25, -0.2) is 0 Å². The van der Waals surface area contributed by atoms with E-state index in [9.17, 15) is 9.59 Å². The van der Waals surface area contributed by atoms with Crippen LogP contribution in [0, 0.1) is 0 Å². The van der Waals surface area contributed by atoms with Crippen molar-refractivity contribution in [1.29, 1.82) is 0 Å². The fourth-order valence-corrected chi connectivity index (χ4v) is 3.19. The molecule has 1 aromatic carbocycles. The van der Waals surface area contributed by atoms with E-state index in [-0.39, 0.29) is 18.4 Å². The van der Waals surface area contributed by atoms with Crippen molar-refractivity contribution in [2.24, 2.45) is 0 Å². The van der Waals surface area contributed by atoms with E-state index >= 15 is 0 Å². The number of hydrogen-bond acceptors (Lipinski definition) is 4. The van der Waals surface area contributed by atoms with Crippen molar-refractivity contribution in [2.45, 2.75) is 13.0 Å². The van der Waals surface area contributed by atoms with Crippen molar-refractivity contribution in [1.82, 2.24) is 14.7 Å². The maximum Gasteiger partial charge on any atom is 0.260 e. The van der Waals surface area contributed by atoms with Gasteiger partial charge >= 0.3 is 0 Å². The Bertz CT molecular complexity index is 594. The normalized spacial score (nSPS) is 19.1. The van der Waals surface area contributed by atoms with Gasteiger partial charge in [0, 0.05) is 57.3 Å². The highest BCUT2D eigenvalue weighted by atomic mass is 35.5. The van der Waals surface area contributed by atoms with Crippen molar-refractivity contribution in [2.75, 3.05) is 45.9 Å². The molecule has 2 aliphatic rings. The van der Waals surface area contributed by atoms with Gasteiger partial charge in [-0.1, -0.05) is 11.6 Å². The third-order valence-electron chi connectivity index (χ3n) is 4.67. The van der Waals surface area contributed by atoms with E-state index < -0.39 is 0 Å². The minimum Gasteiger partial charge on any atom is -0.484 e. The first-order valence-electron chi connectivity index (χ1n) is 8.18. The molecule has 0 radical (unpaired) electrons. The monoisotopic (exact) mass is 351 g/mol. The number of piperazine rings is 1. The van der Waals surface area contributed by atoms with Crippen LogP contribution in [0.5, 0.6) is 5.75 Å². The lowest BCUT2D eigenvalue weighted by molar-refractivity contribution is -0.142. The quantitative estimate of drug-likeness (QED) is 0.815. The molecule has 0 spiro atoms. The smallest absolute Gasteiger partial charge is 0.260 e. The number of benzene rings is 1. The molecule has 2 fully saturated rings. The van der Waals surface area contributed by atoms with Gasteiger partial charge in [0.25, 0.3) is 5.91 Å². The van der Waals surface area contributed by atoms with Crippen LogP contribution in [0.25, 0.3) is 0 Å². The van der Waals surface area contributed by atoms with E-state index in [1.54, 1.807) is 31.2 Å². The van der Waals surface area contributed by atoms with Crippen LogP contribution in [-0.2, 0) is 9.59 Å². The highest BCUT2D eigenvalue weighted by Crippen LogP contribution is 2.19. The predicted molar refractivity (Wildman–Crippen MR) is 91.1 cm³/mol. The summed E-state index contributed by atoms with van der Waals surface area (Å²) in [6.07, 6.45) is 0. The molecule has 0 atom stereocenters. The zero-order chi connectivity index (χ0) is 17.1. The Morgan fingerprint density at radius 1 is 1.08 bits per heavy atom. The van der Waals surface area contributed by atoms with Crippen LogP contribution in [0.15, 0.2) is 24.3 Å². The number of carbonyl (C=O) groups is 2. The largest absolute Gasteiger partial charge is 0.484 e. The molecule has 24 heavy (non-hydrogen) atoms. The molecule has 0 bridgehead atoms.